The number of rotatable bonds is 2. The Bertz CT molecular complexity index is 263. The SMILES string of the molecule is CCC(=O)c1cccc(C)c1. The summed E-state index contributed by atoms with van der Waals surface area (Å²) in [6.45, 7) is 3.87. The Kier molecular flexibility index (Phi) is 2.42. The van der Waals surface area contributed by atoms with Gasteiger partial charge in [-0.05, 0) is 13.0 Å². The number of benzene rings is 1. The van der Waals surface area contributed by atoms with Crippen molar-refractivity contribution in [3.8, 4) is 0 Å². The van der Waals surface area contributed by atoms with Crippen LogP contribution in [0.2, 0.25) is 0 Å². The van der Waals surface area contributed by atoms with Crippen LogP contribution in [-0.4, -0.2) is 5.78 Å². The maximum Gasteiger partial charge on any atom is 0.162 e. The first-order valence-electron chi connectivity index (χ1n) is 3.84. The second-order valence-corrected chi connectivity index (χ2v) is 2.65. The van der Waals surface area contributed by atoms with Crippen LogP contribution in [-0.2, 0) is 0 Å². The van der Waals surface area contributed by atoms with E-state index in [0.29, 0.717) is 6.42 Å². The van der Waals surface area contributed by atoms with Crippen LogP contribution in [0.4, 0.5) is 0 Å². The Morgan fingerprint density at radius 3 is 2.73 bits per heavy atom. The molecule has 1 heteroatoms. The first-order valence-corrected chi connectivity index (χ1v) is 3.84. The van der Waals surface area contributed by atoms with Gasteiger partial charge in [-0.3, -0.25) is 4.79 Å². The number of ketones is 1. The molecule has 58 valence electrons. The summed E-state index contributed by atoms with van der Waals surface area (Å²) in [4.78, 5) is 11.2. The van der Waals surface area contributed by atoms with Crippen LogP contribution in [0.3, 0.4) is 0 Å². The average Bonchev–Trinajstić information content (AvgIpc) is 2.03. The number of carbonyl (C=O) groups excluding carboxylic acids is 1. The number of aryl methyl sites for hydroxylation is 1. The van der Waals surface area contributed by atoms with Gasteiger partial charge in [0.2, 0.25) is 0 Å². The largest absolute Gasteiger partial charge is 0.294 e. The number of carbonyl (C=O) groups is 1. The molecule has 0 aliphatic carbocycles. The van der Waals surface area contributed by atoms with Gasteiger partial charge in [0.25, 0.3) is 0 Å². The molecule has 0 saturated heterocycles. The van der Waals surface area contributed by atoms with Crippen LogP contribution in [0.25, 0.3) is 0 Å². The first-order chi connectivity index (χ1) is 5.24. The Balaban J connectivity index is 2.96. The number of hydrogen-bond acceptors (Lipinski definition) is 1. The minimum atomic E-state index is 0.216. The van der Waals surface area contributed by atoms with Crippen molar-refractivity contribution in [1.82, 2.24) is 0 Å². The maximum absolute atomic E-state index is 11.2. The average molecular weight is 148 g/mol. The molecule has 0 aliphatic rings. The third-order valence-corrected chi connectivity index (χ3v) is 1.66. The highest BCUT2D eigenvalue weighted by atomic mass is 16.1. The smallest absolute Gasteiger partial charge is 0.162 e. The van der Waals surface area contributed by atoms with Crippen LogP contribution in [0.1, 0.15) is 29.3 Å². The standard InChI is InChI=1S/C10H12O/c1-3-10(11)9-6-4-5-8(2)7-9/h4-7H,3H2,1-2H3. The van der Waals surface area contributed by atoms with Gasteiger partial charge >= 0.3 is 0 Å². The van der Waals surface area contributed by atoms with Gasteiger partial charge in [0.1, 0.15) is 0 Å². The second-order valence-electron chi connectivity index (χ2n) is 2.65. The predicted molar refractivity (Wildman–Crippen MR) is 45.8 cm³/mol. The highest BCUT2D eigenvalue weighted by molar-refractivity contribution is 5.95. The Labute approximate surface area is 67.1 Å². The van der Waals surface area contributed by atoms with Crippen LogP contribution >= 0.6 is 0 Å². The molecule has 0 amide bonds. The summed E-state index contributed by atoms with van der Waals surface area (Å²) in [6, 6.07) is 7.69. The van der Waals surface area contributed by atoms with E-state index >= 15 is 0 Å². The lowest BCUT2D eigenvalue weighted by Gasteiger charge is -1.97. The zero-order valence-corrected chi connectivity index (χ0v) is 6.92. The summed E-state index contributed by atoms with van der Waals surface area (Å²) in [5, 5.41) is 0. The van der Waals surface area contributed by atoms with Crippen molar-refractivity contribution in [2.45, 2.75) is 20.3 Å². The van der Waals surface area contributed by atoms with Gasteiger partial charge < -0.3 is 0 Å². The van der Waals surface area contributed by atoms with Crippen molar-refractivity contribution in [3.63, 3.8) is 0 Å². The summed E-state index contributed by atoms with van der Waals surface area (Å²) in [5.41, 5.74) is 1.97. The molecule has 0 N–H and O–H groups in total. The molecule has 0 atom stereocenters. The monoisotopic (exact) mass is 148 g/mol. The lowest BCUT2D eigenvalue weighted by molar-refractivity contribution is 0.0988. The molecule has 0 bridgehead atoms. The summed E-state index contributed by atoms with van der Waals surface area (Å²) < 4.78 is 0. The summed E-state index contributed by atoms with van der Waals surface area (Å²) in [7, 11) is 0. The molecule has 11 heavy (non-hydrogen) atoms. The van der Waals surface area contributed by atoms with E-state index in [4.69, 9.17) is 0 Å². The van der Waals surface area contributed by atoms with Gasteiger partial charge in [-0.2, -0.15) is 0 Å². The summed E-state index contributed by atoms with van der Waals surface area (Å²) >= 11 is 0. The molecule has 0 fully saturated rings. The Morgan fingerprint density at radius 1 is 1.45 bits per heavy atom. The highest BCUT2D eigenvalue weighted by Crippen LogP contribution is 2.05. The molecular weight excluding hydrogens is 136 g/mol. The van der Waals surface area contributed by atoms with E-state index in [0.717, 1.165) is 11.1 Å². The van der Waals surface area contributed by atoms with Crippen LogP contribution in [0.5, 0.6) is 0 Å². The van der Waals surface area contributed by atoms with Crippen molar-refractivity contribution in [3.05, 3.63) is 35.4 Å². The van der Waals surface area contributed by atoms with Gasteiger partial charge in [0, 0.05) is 12.0 Å². The molecule has 0 saturated carbocycles. The van der Waals surface area contributed by atoms with E-state index in [1.54, 1.807) is 0 Å². The molecule has 0 spiro atoms. The molecule has 1 rings (SSSR count). The molecule has 0 heterocycles. The minimum absolute atomic E-state index is 0.216. The van der Waals surface area contributed by atoms with Crippen molar-refractivity contribution in [2.75, 3.05) is 0 Å². The van der Waals surface area contributed by atoms with E-state index < -0.39 is 0 Å². The van der Waals surface area contributed by atoms with E-state index in [1.807, 2.05) is 38.1 Å². The zero-order chi connectivity index (χ0) is 8.27. The normalized spacial score (nSPS) is 9.64. The van der Waals surface area contributed by atoms with Gasteiger partial charge in [-0.25, -0.2) is 0 Å². The quantitative estimate of drug-likeness (QED) is 0.589. The third kappa shape index (κ3) is 1.90. The molecule has 1 aromatic carbocycles. The van der Waals surface area contributed by atoms with E-state index in [9.17, 15) is 4.79 Å². The molecule has 0 aliphatic heterocycles. The molecule has 0 unspecified atom stereocenters. The fourth-order valence-corrected chi connectivity index (χ4v) is 1.02. The van der Waals surface area contributed by atoms with Crippen LogP contribution in [0, 0.1) is 6.92 Å². The summed E-state index contributed by atoms with van der Waals surface area (Å²) in [5.74, 6) is 0.216. The van der Waals surface area contributed by atoms with Gasteiger partial charge in [0.05, 0.1) is 0 Å². The third-order valence-electron chi connectivity index (χ3n) is 1.66. The topological polar surface area (TPSA) is 17.1 Å². The van der Waals surface area contributed by atoms with Crippen LogP contribution < -0.4 is 0 Å². The van der Waals surface area contributed by atoms with E-state index in [1.165, 1.54) is 0 Å². The van der Waals surface area contributed by atoms with Crippen molar-refractivity contribution < 1.29 is 4.79 Å². The first kappa shape index (κ1) is 7.99. The van der Waals surface area contributed by atoms with Crippen molar-refractivity contribution in [2.24, 2.45) is 0 Å². The fraction of sp³-hybridized carbons (Fsp3) is 0.300. The van der Waals surface area contributed by atoms with Crippen molar-refractivity contribution in [1.29, 1.82) is 0 Å². The zero-order valence-electron chi connectivity index (χ0n) is 6.92. The Hall–Kier alpha value is -1.11. The van der Waals surface area contributed by atoms with Gasteiger partial charge in [0.15, 0.2) is 5.78 Å². The molecule has 0 aromatic heterocycles. The lowest BCUT2D eigenvalue weighted by Crippen LogP contribution is -1.95. The second kappa shape index (κ2) is 3.33. The lowest BCUT2D eigenvalue weighted by atomic mass is 10.1. The highest BCUT2D eigenvalue weighted by Gasteiger charge is 2.00. The van der Waals surface area contributed by atoms with Gasteiger partial charge in [-0.1, -0.05) is 30.7 Å². The Morgan fingerprint density at radius 2 is 2.18 bits per heavy atom. The minimum Gasteiger partial charge on any atom is -0.294 e. The molecule has 0 radical (unpaired) electrons. The summed E-state index contributed by atoms with van der Waals surface area (Å²) in [6.07, 6.45) is 0.587. The number of hydrogen-bond donors (Lipinski definition) is 0. The fourth-order valence-electron chi connectivity index (χ4n) is 1.02. The molecule has 1 nitrogen and oxygen atoms in total. The van der Waals surface area contributed by atoms with E-state index in [-0.39, 0.29) is 5.78 Å². The van der Waals surface area contributed by atoms with E-state index in [2.05, 4.69) is 0 Å². The maximum atomic E-state index is 11.2. The van der Waals surface area contributed by atoms with Crippen LogP contribution in [0.15, 0.2) is 24.3 Å². The molecule has 1 aromatic rings. The number of Topliss-reactive ketones (excluding diaryl/α,β-unsaturated/α-hetero) is 1. The predicted octanol–water partition coefficient (Wildman–Crippen LogP) is 2.59. The van der Waals surface area contributed by atoms with Crippen molar-refractivity contribution >= 4 is 5.78 Å². The molecular formula is C10H12O. The van der Waals surface area contributed by atoms with Gasteiger partial charge in [-0.15, -0.1) is 0 Å².